The molecule has 0 atom stereocenters. The zero-order chi connectivity index (χ0) is 16.9. The normalized spacial score (nSPS) is 12.2. The second-order valence-electron chi connectivity index (χ2n) is 5.51. The van der Waals surface area contributed by atoms with E-state index >= 15 is 0 Å². The summed E-state index contributed by atoms with van der Waals surface area (Å²) in [5.41, 5.74) is 5.68. The minimum Gasteiger partial charge on any atom is -0.360 e. The Kier molecular flexibility index (Phi) is 4.91. The predicted octanol–water partition coefficient (Wildman–Crippen LogP) is 4.13. The number of benzene rings is 1. The van der Waals surface area contributed by atoms with Crippen molar-refractivity contribution in [2.24, 2.45) is 10.1 Å². The van der Waals surface area contributed by atoms with E-state index in [4.69, 9.17) is 0 Å². The van der Waals surface area contributed by atoms with E-state index in [0.717, 1.165) is 21.8 Å². The molecule has 3 aromatic rings. The SMILES string of the molecule is C=CCN=c1scc(-c2ccc(C)c(C)c2)n1N=Cc1ccc[nH]1. The number of H-pyrrole nitrogens is 1. The third-order valence-electron chi connectivity index (χ3n) is 3.78. The highest BCUT2D eigenvalue weighted by molar-refractivity contribution is 7.07. The highest BCUT2D eigenvalue weighted by Gasteiger charge is 2.08. The van der Waals surface area contributed by atoms with E-state index in [1.807, 2.05) is 29.2 Å². The zero-order valence-electron chi connectivity index (χ0n) is 13.9. The van der Waals surface area contributed by atoms with Crippen molar-refractivity contribution in [1.29, 1.82) is 0 Å². The van der Waals surface area contributed by atoms with Crippen LogP contribution in [-0.4, -0.2) is 22.4 Å². The van der Waals surface area contributed by atoms with E-state index in [1.54, 1.807) is 17.4 Å². The van der Waals surface area contributed by atoms with Crippen molar-refractivity contribution in [3.63, 3.8) is 0 Å². The van der Waals surface area contributed by atoms with Crippen molar-refractivity contribution in [2.75, 3.05) is 6.54 Å². The molecule has 0 aliphatic carbocycles. The van der Waals surface area contributed by atoms with Gasteiger partial charge in [-0.05, 0) is 43.2 Å². The summed E-state index contributed by atoms with van der Waals surface area (Å²) in [6, 6.07) is 10.4. The molecular weight excluding hydrogens is 316 g/mol. The standard InChI is InChI=1S/C19H20N4S/c1-4-9-21-19-23(22-12-17-6-5-10-20-17)18(13-24-19)16-8-7-14(2)15(3)11-16/h4-8,10-13,20H,1,9H2,2-3H3. The van der Waals surface area contributed by atoms with Gasteiger partial charge < -0.3 is 4.98 Å². The summed E-state index contributed by atoms with van der Waals surface area (Å²) in [5.74, 6) is 0. The third-order valence-corrected chi connectivity index (χ3v) is 4.63. The van der Waals surface area contributed by atoms with Crippen LogP contribution in [0.2, 0.25) is 0 Å². The number of aryl methyl sites for hydroxylation is 2. The molecule has 0 aliphatic rings. The monoisotopic (exact) mass is 336 g/mol. The van der Waals surface area contributed by atoms with E-state index < -0.39 is 0 Å². The number of nitrogens with one attached hydrogen (secondary N) is 1. The number of nitrogens with zero attached hydrogens (tertiary/aromatic N) is 3. The van der Waals surface area contributed by atoms with Gasteiger partial charge in [0.05, 0.1) is 24.1 Å². The molecule has 24 heavy (non-hydrogen) atoms. The van der Waals surface area contributed by atoms with Gasteiger partial charge in [0.15, 0.2) is 0 Å². The number of aromatic nitrogens is 2. The van der Waals surface area contributed by atoms with E-state index in [9.17, 15) is 0 Å². The number of thiazole rings is 1. The van der Waals surface area contributed by atoms with Crippen LogP contribution >= 0.6 is 11.3 Å². The maximum atomic E-state index is 4.63. The summed E-state index contributed by atoms with van der Waals surface area (Å²) in [4.78, 5) is 8.53. The van der Waals surface area contributed by atoms with Crippen molar-refractivity contribution in [3.8, 4) is 11.3 Å². The maximum Gasteiger partial charge on any atom is 0.206 e. The molecule has 2 aromatic heterocycles. The quantitative estimate of drug-likeness (QED) is 0.538. The molecule has 0 radical (unpaired) electrons. The Morgan fingerprint density at radius 3 is 2.83 bits per heavy atom. The van der Waals surface area contributed by atoms with Crippen LogP contribution in [0.5, 0.6) is 0 Å². The van der Waals surface area contributed by atoms with Crippen LogP contribution in [0, 0.1) is 13.8 Å². The predicted molar refractivity (Wildman–Crippen MR) is 102 cm³/mol. The molecular formula is C19H20N4S. The highest BCUT2D eigenvalue weighted by Crippen LogP contribution is 2.22. The molecule has 3 rings (SSSR count). The van der Waals surface area contributed by atoms with Crippen LogP contribution in [0.1, 0.15) is 16.8 Å². The van der Waals surface area contributed by atoms with E-state index in [-0.39, 0.29) is 0 Å². The summed E-state index contributed by atoms with van der Waals surface area (Å²) in [6.45, 7) is 8.56. The Labute approximate surface area is 145 Å². The van der Waals surface area contributed by atoms with Gasteiger partial charge in [-0.15, -0.1) is 17.9 Å². The van der Waals surface area contributed by atoms with Crippen molar-refractivity contribution >= 4 is 17.6 Å². The molecule has 0 spiro atoms. The van der Waals surface area contributed by atoms with Gasteiger partial charge in [0.25, 0.3) is 0 Å². The van der Waals surface area contributed by atoms with Crippen molar-refractivity contribution < 1.29 is 0 Å². The highest BCUT2D eigenvalue weighted by atomic mass is 32.1. The topological polar surface area (TPSA) is 45.4 Å². The summed E-state index contributed by atoms with van der Waals surface area (Å²) in [6.07, 6.45) is 5.48. The third kappa shape index (κ3) is 3.46. The Morgan fingerprint density at radius 2 is 2.12 bits per heavy atom. The average Bonchev–Trinajstić information content (AvgIpc) is 3.23. The first kappa shape index (κ1) is 16.2. The van der Waals surface area contributed by atoms with Crippen molar-refractivity contribution in [1.82, 2.24) is 9.66 Å². The Balaban J connectivity index is 2.10. The van der Waals surface area contributed by atoms with Gasteiger partial charge in [0.2, 0.25) is 4.80 Å². The van der Waals surface area contributed by atoms with Crippen molar-refractivity contribution in [2.45, 2.75) is 13.8 Å². The molecule has 4 nitrogen and oxygen atoms in total. The fraction of sp³-hybridized carbons (Fsp3) is 0.158. The first-order valence-corrected chi connectivity index (χ1v) is 8.64. The zero-order valence-corrected chi connectivity index (χ0v) is 14.7. The second kappa shape index (κ2) is 7.27. The molecule has 1 N–H and O–H groups in total. The minimum atomic E-state index is 0.574. The second-order valence-corrected chi connectivity index (χ2v) is 6.35. The smallest absolute Gasteiger partial charge is 0.206 e. The molecule has 0 fully saturated rings. The lowest BCUT2D eigenvalue weighted by molar-refractivity contribution is 0.839. The summed E-state index contributed by atoms with van der Waals surface area (Å²) >= 11 is 1.58. The molecule has 5 heteroatoms. The van der Waals surface area contributed by atoms with Gasteiger partial charge in [-0.2, -0.15) is 5.10 Å². The van der Waals surface area contributed by atoms with E-state index in [2.05, 4.69) is 59.1 Å². The number of hydrogen-bond donors (Lipinski definition) is 1. The molecule has 0 amide bonds. The average molecular weight is 336 g/mol. The molecule has 0 saturated heterocycles. The maximum absolute atomic E-state index is 4.63. The summed E-state index contributed by atoms with van der Waals surface area (Å²) in [7, 11) is 0. The number of hydrogen-bond acceptors (Lipinski definition) is 3. The molecule has 0 bridgehead atoms. The summed E-state index contributed by atoms with van der Waals surface area (Å²) in [5, 5.41) is 6.73. The van der Waals surface area contributed by atoms with Gasteiger partial charge in [-0.1, -0.05) is 18.2 Å². The molecule has 2 heterocycles. The minimum absolute atomic E-state index is 0.574. The lowest BCUT2D eigenvalue weighted by Crippen LogP contribution is -2.12. The van der Waals surface area contributed by atoms with Crippen LogP contribution < -0.4 is 4.80 Å². The number of rotatable bonds is 5. The van der Waals surface area contributed by atoms with E-state index in [0.29, 0.717) is 6.54 Å². The van der Waals surface area contributed by atoms with Crippen LogP contribution in [0.25, 0.3) is 11.3 Å². The fourth-order valence-electron chi connectivity index (χ4n) is 2.31. The molecule has 122 valence electrons. The first-order chi connectivity index (χ1) is 11.7. The van der Waals surface area contributed by atoms with Gasteiger partial charge in [0.1, 0.15) is 0 Å². The van der Waals surface area contributed by atoms with Gasteiger partial charge >= 0.3 is 0 Å². The van der Waals surface area contributed by atoms with E-state index in [1.165, 1.54) is 11.1 Å². The van der Waals surface area contributed by atoms with Gasteiger partial charge in [-0.3, -0.25) is 4.99 Å². The molecule has 1 aromatic carbocycles. The fourth-order valence-corrected chi connectivity index (χ4v) is 3.15. The number of aromatic amines is 1. The van der Waals surface area contributed by atoms with Crippen LogP contribution in [0.4, 0.5) is 0 Å². The van der Waals surface area contributed by atoms with Crippen molar-refractivity contribution in [3.05, 3.63) is 76.2 Å². The largest absolute Gasteiger partial charge is 0.360 e. The Hall–Kier alpha value is -2.66. The Morgan fingerprint density at radius 1 is 1.25 bits per heavy atom. The van der Waals surface area contributed by atoms with Gasteiger partial charge in [0, 0.05) is 17.1 Å². The van der Waals surface area contributed by atoms with Crippen LogP contribution in [0.15, 0.2) is 64.7 Å². The van der Waals surface area contributed by atoms with Crippen LogP contribution in [-0.2, 0) is 0 Å². The lowest BCUT2D eigenvalue weighted by Gasteiger charge is -2.06. The first-order valence-electron chi connectivity index (χ1n) is 7.76. The Bertz CT molecular complexity index is 927. The van der Waals surface area contributed by atoms with Crippen LogP contribution in [0.3, 0.4) is 0 Å². The molecule has 0 saturated carbocycles. The lowest BCUT2D eigenvalue weighted by atomic mass is 10.1. The van der Waals surface area contributed by atoms with Gasteiger partial charge in [-0.25, -0.2) is 4.68 Å². The summed E-state index contributed by atoms with van der Waals surface area (Å²) < 4.78 is 1.89. The molecule has 0 aliphatic heterocycles. The molecule has 0 unspecified atom stereocenters.